The lowest BCUT2D eigenvalue weighted by Crippen LogP contribution is -1.97. The first-order valence-electron chi connectivity index (χ1n) is 5.13. The fraction of sp³-hybridized carbons (Fsp3) is 0.273. The average Bonchev–Trinajstić information content (AvgIpc) is 3.05. The minimum absolute atomic E-state index is 0.408. The Hall–Kier alpha value is -1.33. The predicted octanol–water partition coefficient (Wildman–Crippen LogP) is 1.76. The Bertz CT molecular complexity index is 467. The zero-order valence-corrected chi connectivity index (χ0v) is 9.43. The van der Waals surface area contributed by atoms with Gasteiger partial charge in [0.25, 0.3) is 0 Å². The van der Waals surface area contributed by atoms with Gasteiger partial charge in [-0.05, 0) is 12.1 Å². The number of hydrogen-bond acceptors (Lipinski definition) is 4. The first-order valence-corrected chi connectivity index (χ1v) is 6.12. The third-order valence-electron chi connectivity index (χ3n) is 2.35. The van der Waals surface area contributed by atoms with E-state index >= 15 is 0 Å². The Morgan fingerprint density at radius 3 is 2.94 bits per heavy atom. The van der Waals surface area contributed by atoms with Gasteiger partial charge in [0.1, 0.15) is 6.33 Å². The van der Waals surface area contributed by atoms with Crippen molar-refractivity contribution in [1.29, 1.82) is 0 Å². The minimum atomic E-state index is 0.408. The summed E-state index contributed by atoms with van der Waals surface area (Å²) in [5.41, 5.74) is 1.09. The second kappa shape index (κ2) is 4.27. The van der Waals surface area contributed by atoms with Gasteiger partial charge in [-0.1, -0.05) is 30.0 Å². The molecule has 1 unspecified atom stereocenters. The lowest BCUT2D eigenvalue weighted by atomic mass is 10.3. The van der Waals surface area contributed by atoms with Gasteiger partial charge in [0.2, 0.25) is 0 Å². The van der Waals surface area contributed by atoms with Crippen molar-refractivity contribution in [1.82, 2.24) is 14.8 Å². The second-order valence-electron chi connectivity index (χ2n) is 3.59. The van der Waals surface area contributed by atoms with Crippen molar-refractivity contribution in [2.75, 3.05) is 12.4 Å². The maximum absolute atomic E-state index is 5.17. The molecular weight excluding hydrogens is 222 g/mol. The molecular formula is C11H11N3OS. The first kappa shape index (κ1) is 9.86. The molecule has 16 heavy (non-hydrogen) atoms. The summed E-state index contributed by atoms with van der Waals surface area (Å²) in [5, 5.41) is 8.98. The predicted molar refractivity (Wildman–Crippen MR) is 61.8 cm³/mol. The van der Waals surface area contributed by atoms with Gasteiger partial charge in [0.15, 0.2) is 5.16 Å². The molecule has 0 bridgehead atoms. The van der Waals surface area contributed by atoms with Gasteiger partial charge in [-0.2, -0.15) is 0 Å². The molecule has 1 atom stereocenters. The lowest BCUT2D eigenvalue weighted by molar-refractivity contribution is 0.426. The maximum Gasteiger partial charge on any atom is 0.195 e. The van der Waals surface area contributed by atoms with E-state index in [4.69, 9.17) is 4.74 Å². The van der Waals surface area contributed by atoms with Gasteiger partial charge in [-0.15, -0.1) is 10.2 Å². The number of epoxide rings is 1. The van der Waals surface area contributed by atoms with E-state index in [-0.39, 0.29) is 0 Å². The van der Waals surface area contributed by atoms with E-state index in [1.807, 2.05) is 34.9 Å². The Morgan fingerprint density at radius 1 is 1.38 bits per heavy atom. The normalized spacial score (nSPS) is 18.6. The van der Waals surface area contributed by atoms with Crippen molar-refractivity contribution in [3.05, 3.63) is 36.7 Å². The molecule has 82 valence electrons. The number of aromatic nitrogens is 3. The van der Waals surface area contributed by atoms with Gasteiger partial charge >= 0.3 is 0 Å². The highest BCUT2D eigenvalue weighted by molar-refractivity contribution is 7.99. The van der Waals surface area contributed by atoms with Crippen molar-refractivity contribution in [3.63, 3.8) is 0 Å². The van der Waals surface area contributed by atoms with Gasteiger partial charge in [0, 0.05) is 11.4 Å². The topological polar surface area (TPSA) is 43.2 Å². The van der Waals surface area contributed by atoms with Crippen LogP contribution in [0.5, 0.6) is 0 Å². The van der Waals surface area contributed by atoms with Gasteiger partial charge in [0.05, 0.1) is 12.7 Å². The summed E-state index contributed by atoms with van der Waals surface area (Å²) in [6.07, 6.45) is 2.15. The van der Waals surface area contributed by atoms with Crippen molar-refractivity contribution < 1.29 is 4.74 Å². The molecule has 1 aromatic heterocycles. The molecule has 1 aliphatic heterocycles. The third-order valence-corrected chi connectivity index (χ3v) is 3.43. The van der Waals surface area contributed by atoms with Crippen LogP contribution in [0.25, 0.3) is 5.69 Å². The van der Waals surface area contributed by atoms with E-state index in [0.29, 0.717) is 6.10 Å². The van der Waals surface area contributed by atoms with Crippen LogP contribution in [0.15, 0.2) is 41.8 Å². The summed E-state index contributed by atoms with van der Waals surface area (Å²) in [4.78, 5) is 0. The SMILES string of the molecule is c1ccc(-n2cnnc2SCC2CO2)cc1. The van der Waals surface area contributed by atoms with Crippen LogP contribution < -0.4 is 0 Å². The van der Waals surface area contributed by atoms with E-state index in [9.17, 15) is 0 Å². The largest absolute Gasteiger partial charge is 0.372 e. The van der Waals surface area contributed by atoms with Crippen molar-refractivity contribution >= 4 is 11.8 Å². The summed E-state index contributed by atoms with van der Waals surface area (Å²) in [5.74, 6) is 0.950. The van der Waals surface area contributed by atoms with Crippen molar-refractivity contribution in [3.8, 4) is 5.69 Å². The molecule has 5 heteroatoms. The number of nitrogens with zero attached hydrogens (tertiary/aromatic N) is 3. The van der Waals surface area contributed by atoms with Crippen LogP contribution in [0.2, 0.25) is 0 Å². The Balaban J connectivity index is 1.81. The number of thioether (sulfide) groups is 1. The molecule has 2 aromatic rings. The molecule has 3 rings (SSSR count). The molecule has 2 heterocycles. The second-order valence-corrected chi connectivity index (χ2v) is 4.57. The molecule has 0 N–H and O–H groups in total. The van der Waals surface area contributed by atoms with E-state index in [2.05, 4.69) is 10.2 Å². The molecule has 0 spiro atoms. The summed E-state index contributed by atoms with van der Waals surface area (Å²) in [7, 11) is 0. The summed E-state index contributed by atoms with van der Waals surface area (Å²) in [6.45, 7) is 0.881. The van der Waals surface area contributed by atoms with Gasteiger partial charge in [-0.3, -0.25) is 4.57 Å². The van der Waals surface area contributed by atoms with Crippen LogP contribution in [0.4, 0.5) is 0 Å². The van der Waals surface area contributed by atoms with E-state index in [0.717, 1.165) is 23.2 Å². The van der Waals surface area contributed by atoms with Crippen LogP contribution in [-0.2, 0) is 4.74 Å². The van der Waals surface area contributed by atoms with Crippen LogP contribution in [0, 0.1) is 0 Å². The van der Waals surface area contributed by atoms with Crippen LogP contribution in [0.3, 0.4) is 0 Å². The number of hydrogen-bond donors (Lipinski definition) is 0. The first-order chi connectivity index (χ1) is 7.93. The summed E-state index contributed by atoms with van der Waals surface area (Å²) >= 11 is 1.68. The van der Waals surface area contributed by atoms with Crippen LogP contribution in [-0.4, -0.2) is 33.2 Å². The minimum Gasteiger partial charge on any atom is -0.372 e. The highest BCUT2D eigenvalue weighted by Crippen LogP contribution is 2.23. The lowest BCUT2D eigenvalue weighted by Gasteiger charge is -2.04. The number of para-hydroxylation sites is 1. The van der Waals surface area contributed by atoms with Gasteiger partial charge < -0.3 is 4.74 Å². The molecule has 1 aliphatic rings. The number of benzene rings is 1. The molecule has 0 aliphatic carbocycles. The molecule has 1 fully saturated rings. The van der Waals surface area contributed by atoms with Crippen molar-refractivity contribution in [2.24, 2.45) is 0 Å². The molecule has 4 nitrogen and oxygen atoms in total. The van der Waals surface area contributed by atoms with Crippen LogP contribution in [0.1, 0.15) is 0 Å². The quantitative estimate of drug-likeness (QED) is 0.596. The van der Waals surface area contributed by atoms with Crippen LogP contribution >= 0.6 is 11.8 Å². The molecule has 0 radical (unpaired) electrons. The highest BCUT2D eigenvalue weighted by Gasteiger charge is 2.23. The number of rotatable bonds is 4. The summed E-state index contributed by atoms with van der Waals surface area (Å²) in [6, 6.07) is 10.1. The Morgan fingerprint density at radius 2 is 2.19 bits per heavy atom. The zero-order valence-electron chi connectivity index (χ0n) is 8.61. The molecule has 1 saturated heterocycles. The molecule has 1 aromatic carbocycles. The van der Waals surface area contributed by atoms with Gasteiger partial charge in [-0.25, -0.2) is 0 Å². The van der Waals surface area contributed by atoms with E-state index < -0.39 is 0 Å². The maximum atomic E-state index is 5.17. The fourth-order valence-corrected chi connectivity index (χ4v) is 2.34. The Labute approximate surface area is 97.6 Å². The third kappa shape index (κ3) is 2.10. The fourth-order valence-electron chi connectivity index (χ4n) is 1.42. The molecule has 0 saturated carbocycles. The smallest absolute Gasteiger partial charge is 0.195 e. The zero-order chi connectivity index (χ0) is 10.8. The Kier molecular flexibility index (Phi) is 2.63. The van der Waals surface area contributed by atoms with Crippen molar-refractivity contribution in [2.45, 2.75) is 11.3 Å². The summed E-state index contributed by atoms with van der Waals surface area (Å²) < 4.78 is 7.17. The standard InChI is InChI=1S/C11H11N3OS/c1-2-4-9(5-3-1)14-8-12-13-11(14)16-7-10-6-15-10/h1-5,8,10H,6-7H2. The average molecular weight is 233 g/mol. The van der Waals surface area contributed by atoms with E-state index in [1.165, 1.54) is 0 Å². The monoisotopic (exact) mass is 233 g/mol. The van der Waals surface area contributed by atoms with E-state index in [1.54, 1.807) is 18.1 Å². The highest BCUT2D eigenvalue weighted by atomic mass is 32.2. The number of ether oxygens (including phenoxy) is 1. The molecule has 0 amide bonds.